The number of nitrogen functional groups attached to an aromatic ring is 1. The zero-order chi connectivity index (χ0) is 29.0. The largest absolute Gasteiger partial charge is 0.509 e. The zero-order valence-electron chi connectivity index (χ0n) is 21.7. The second kappa shape index (κ2) is 11.9. The number of nitrogens with two attached hydrogens (primary N) is 1. The molecule has 2 aromatic carbocycles. The third-order valence-corrected chi connectivity index (χ3v) is 6.58. The van der Waals surface area contributed by atoms with E-state index in [1.807, 2.05) is 12.1 Å². The SMILES string of the molecule is C[C@@]1(F)[C@H](OC(=O)OCc2ccccc2)[C@@H](COC(=O)OCc2ccccc2)O[C@H]1n1cnc2c(Cl)nc(N)nc21. The first-order chi connectivity index (χ1) is 19.7. The standard InChI is InChI=1S/C27H25ClFN5O7/c1-27(29)20(41-26(36)38-13-17-10-6-3-7-11-17)18(14-39-25(35)37-12-16-8-4-2-5-9-16)40-23(27)34-15-31-19-21(28)32-24(30)33-22(19)34/h2-11,15,18,20,23H,12-14H2,1H3,(H2,30,32,33)/t18-,20-,23-,27-/m1/s1. The highest BCUT2D eigenvalue weighted by Gasteiger charge is 2.59. The molecular weight excluding hydrogens is 561 g/mol. The predicted molar refractivity (Wildman–Crippen MR) is 142 cm³/mol. The Balaban J connectivity index is 1.33. The molecule has 1 aliphatic rings. The average Bonchev–Trinajstić information content (AvgIpc) is 3.48. The molecule has 1 aliphatic heterocycles. The Morgan fingerprint density at radius 1 is 1.00 bits per heavy atom. The highest BCUT2D eigenvalue weighted by molar-refractivity contribution is 6.33. The quantitative estimate of drug-likeness (QED) is 0.225. The van der Waals surface area contributed by atoms with Crippen LogP contribution in [0.5, 0.6) is 0 Å². The first-order valence-corrected chi connectivity index (χ1v) is 12.8. The Bertz CT molecular complexity index is 1520. The molecule has 3 heterocycles. The molecule has 214 valence electrons. The van der Waals surface area contributed by atoms with Crippen LogP contribution in [0.25, 0.3) is 11.2 Å². The van der Waals surface area contributed by atoms with Gasteiger partial charge in [0.1, 0.15) is 31.4 Å². The van der Waals surface area contributed by atoms with E-state index in [2.05, 4.69) is 15.0 Å². The van der Waals surface area contributed by atoms with E-state index in [0.29, 0.717) is 5.56 Å². The van der Waals surface area contributed by atoms with Crippen molar-refractivity contribution in [3.63, 3.8) is 0 Å². The molecule has 5 rings (SSSR count). The van der Waals surface area contributed by atoms with Crippen LogP contribution in [-0.4, -0.2) is 56.3 Å². The lowest BCUT2D eigenvalue weighted by Gasteiger charge is -2.27. The number of rotatable bonds is 8. The molecule has 12 nitrogen and oxygen atoms in total. The van der Waals surface area contributed by atoms with Crippen molar-refractivity contribution in [2.45, 2.75) is 44.2 Å². The number of aromatic nitrogens is 4. The molecule has 4 atom stereocenters. The number of nitrogens with zero attached hydrogens (tertiary/aromatic N) is 4. The Kier molecular flexibility index (Phi) is 8.17. The van der Waals surface area contributed by atoms with Crippen molar-refractivity contribution >= 4 is 41.0 Å². The van der Waals surface area contributed by atoms with Crippen LogP contribution in [0.3, 0.4) is 0 Å². The normalized spacial score (nSPS) is 21.9. The fourth-order valence-electron chi connectivity index (χ4n) is 4.36. The van der Waals surface area contributed by atoms with Gasteiger partial charge in [0.2, 0.25) is 5.95 Å². The molecule has 0 aliphatic carbocycles. The van der Waals surface area contributed by atoms with Gasteiger partial charge < -0.3 is 29.4 Å². The number of halogens is 2. The van der Waals surface area contributed by atoms with Gasteiger partial charge in [-0.1, -0.05) is 72.3 Å². The summed E-state index contributed by atoms with van der Waals surface area (Å²) >= 11 is 6.12. The number of carbonyl (C=O) groups excluding carboxylic acids is 2. The van der Waals surface area contributed by atoms with E-state index in [4.69, 9.17) is 41.0 Å². The number of fused-ring (bicyclic) bond motifs is 1. The van der Waals surface area contributed by atoms with Crippen LogP contribution in [-0.2, 0) is 36.9 Å². The maximum atomic E-state index is 16.5. The van der Waals surface area contributed by atoms with Crippen molar-refractivity contribution in [1.29, 1.82) is 0 Å². The summed E-state index contributed by atoms with van der Waals surface area (Å²) in [6.45, 7) is 0.514. The van der Waals surface area contributed by atoms with Gasteiger partial charge in [0.15, 0.2) is 28.8 Å². The molecule has 0 radical (unpaired) electrons. The summed E-state index contributed by atoms with van der Waals surface area (Å²) in [5, 5.41) is -0.0388. The lowest BCUT2D eigenvalue weighted by molar-refractivity contribution is -0.0678. The number of ether oxygens (including phenoxy) is 5. The van der Waals surface area contributed by atoms with E-state index < -0.39 is 43.0 Å². The lowest BCUT2D eigenvalue weighted by Crippen LogP contribution is -2.44. The van der Waals surface area contributed by atoms with Crippen LogP contribution in [0.2, 0.25) is 5.15 Å². The molecule has 0 amide bonds. The number of hydrogen-bond acceptors (Lipinski definition) is 11. The maximum absolute atomic E-state index is 16.5. The van der Waals surface area contributed by atoms with Crippen molar-refractivity contribution in [3.8, 4) is 0 Å². The van der Waals surface area contributed by atoms with Gasteiger partial charge in [0, 0.05) is 0 Å². The molecule has 0 saturated carbocycles. The summed E-state index contributed by atoms with van der Waals surface area (Å²) in [7, 11) is 0. The smallest absolute Gasteiger partial charge is 0.431 e. The monoisotopic (exact) mass is 585 g/mol. The summed E-state index contributed by atoms with van der Waals surface area (Å²) in [4.78, 5) is 37.0. The molecule has 2 aromatic heterocycles. The molecule has 4 aromatic rings. The second-order valence-electron chi connectivity index (χ2n) is 9.27. The summed E-state index contributed by atoms with van der Waals surface area (Å²) in [6.07, 6.45) is -5.21. The molecule has 1 fully saturated rings. The molecule has 14 heteroatoms. The van der Waals surface area contributed by atoms with Crippen LogP contribution in [0.1, 0.15) is 24.3 Å². The number of hydrogen-bond donors (Lipinski definition) is 1. The van der Waals surface area contributed by atoms with Gasteiger partial charge in [0.05, 0.1) is 6.33 Å². The fraction of sp³-hybridized carbons (Fsp3) is 0.296. The van der Waals surface area contributed by atoms with Crippen LogP contribution >= 0.6 is 11.6 Å². The molecule has 0 spiro atoms. The Labute approximate surface area is 238 Å². The minimum atomic E-state index is -2.40. The highest BCUT2D eigenvalue weighted by Crippen LogP contribution is 2.44. The van der Waals surface area contributed by atoms with Crippen LogP contribution in [0, 0.1) is 0 Å². The summed E-state index contributed by atoms with van der Waals surface area (Å²) < 4.78 is 44.6. The predicted octanol–water partition coefficient (Wildman–Crippen LogP) is 4.76. The van der Waals surface area contributed by atoms with E-state index in [1.54, 1.807) is 48.5 Å². The number of benzene rings is 2. The van der Waals surface area contributed by atoms with Gasteiger partial charge in [0.25, 0.3) is 0 Å². The second-order valence-corrected chi connectivity index (χ2v) is 9.63. The summed E-state index contributed by atoms with van der Waals surface area (Å²) in [6, 6.07) is 17.8. The topological polar surface area (TPSA) is 150 Å². The van der Waals surface area contributed by atoms with Gasteiger partial charge in [-0.05, 0) is 18.1 Å². The fourth-order valence-corrected chi connectivity index (χ4v) is 4.58. The number of anilines is 1. The molecule has 1 saturated heterocycles. The van der Waals surface area contributed by atoms with Crippen LogP contribution in [0.15, 0.2) is 67.0 Å². The molecular formula is C27H25ClFN5O7. The van der Waals surface area contributed by atoms with E-state index in [1.165, 1.54) is 17.8 Å². The van der Waals surface area contributed by atoms with E-state index in [9.17, 15) is 9.59 Å². The first-order valence-electron chi connectivity index (χ1n) is 12.4. The summed E-state index contributed by atoms with van der Waals surface area (Å²) in [5.74, 6) is -0.166. The lowest BCUT2D eigenvalue weighted by atomic mass is 9.98. The number of carbonyl (C=O) groups is 2. The van der Waals surface area contributed by atoms with Crippen molar-refractivity contribution in [1.82, 2.24) is 19.5 Å². The Hall–Kier alpha value is -4.49. The van der Waals surface area contributed by atoms with Crippen molar-refractivity contribution < 1.29 is 37.7 Å². The molecule has 2 N–H and O–H groups in total. The first kappa shape index (κ1) is 28.1. The zero-order valence-corrected chi connectivity index (χ0v) is 22.4. The van der Waals surface area contributed by atoms with Gasteiger partial charge >= 0.3 is 12.3 Å². The third-order valence-electron chi connectivity index (χ3n) is 6.32. The van der Waals surface area contributed by atoms with Gasteiger partial charge in [-0.2, -0.15) is 9.97 Å². The van der Waals surface area contributed by atoms with Crippen LogP contribution < -0.4 is 5.73 Å². The molecule has 0 bridgehead atoms. The van der Waals surface area contributed by atoms with Gasteiger partial charge in [-0.15, -0.1) is 0 Å². The number of alkyl halides is 1. The van der Waals surface area contributed by atoms with E-state index in [0.717, 1.165) is 5.56 Å². The molecule has 0 unspecified atom stereocenters. The van der Waals surface area contributed by atoms with Crippen molar-refractivity contribution in [2.75, 3.05) is 12.3 Å². The Morgan fingerprint density at radius 3 is 2.24 bits per heavy atom. The minimum Gasteiger partial charge on any atom is -0.431 e. The van der Waals surface area contributed by atoms with Gasteiger partial charge in [-0.25, -0.2) is 19.0 Å². The van der Waals surface area contributed by atoms with Gasteiger partial charge in [-0.3, -0.25) is 4.57 Å². The van der Waals surface area contributed by atoms with E-state index in [-0.39, 0.29) is 35.5 Å². The third kappa shape index (κ3) is 6.31. The maximum Gasteiger partial charge on any atom is 0.509 e. The highest BCUT2D eigenvalue weighted by atomic mass is 35.5. The number of imidazole rings is 1. The minimum absolute atomic E-state index is 0.0384. The summed E-state index contributed by atoms with van der Waals surface area (Å²) in [5.41, 5.74) is 5.03. The van der Waals surface area contributed by atoms with Crippen molar-refractivity contribution in [2.24, 2.45) is 0 Å². The van der Waals surface area contributed by atoms with Crippen LogP contribution in [0.4, 0.5) is 19.9 Å². The van der Waals surface area contributed by atoms with Crippen molar-refractivity contribution in [3.05, 3.63) is 83.3 Å². The molecule has 41 heavy (non-hydrogen) atoms. The average molecular weight is 586 g/mol. The van der Waals surface area contributed by atoms with E-state index >= 15 is 4.39 Å². The Morgan fingerprint density at radius 2 is 1.61 bits per heavy atom.